The standard InChI is InChI=1S/C19H25N3/c1-13(10-14-2-4-15(12-20)5-3-14)18-11-19(18)22-17-8-6-16(21)7-9-17/h2-5,10,16-19,22H,6-9,11,21H2,1H3/t16-,17-,18?,19?. The maximum atomic E-state index is 8.83. The Morgan fingerprint density at radius 1 is 1.23 bits per heavy atom. The Morgan fingerprint density at radius 3 is 2.55 bits per heavy atom. The molecule has 0 radical (unpaired) electrons. The fourth-order valence-electron chi connectivity index (χ4n) is 3.49. The highest BCUT2D eigenvalue weighted by atomic mass is 15.0. The molecule has 0 aliphatic heterocycles. The Labute approximate surface area is 133 Å². The molecule has 0 spiro atoms. The molecule has 0 amide bonds. The van der Waals surface area contributed by atoms with Crippen LogP contribution in [0.2, 0.25) is 0 Å². The lowest BCUT2D eigenvalue weighted by molar-refractivity contribution is 0.338. The smallest absolute Gasteiger partial charge is 0.0991 e. The van der Waals surface area contributed by atoms with Crippen LogP contribution in [-0.4, -0.2) is 18.1 Å². The van der Waals surface area contributed by atoms with Gasteiger partial charge in [-0.05, 0) is 62.6 Å². The quantitative estimate of drug-likeness (QED) is 0.896. The molecule has 3 rings (SSSR count). The predicted molar refractivity (Wildman–Crippen MR) is 90.1 cm³/mol. The van der Waals surface area contributed by atoms with E-state index in [9.17, 15) is 0 Å². The summed E-state index contributed by atoms with van der Waals surface area (Å²) in [5.41, 5.74) is 9.31. The molecule has 3 heteroatoms. The average Bonchev–Trinajstić information content (AvgIpc) is 3.30. The summed E-state index contributed by atoms with van der Waals surface area (Å²) in [6.45, 7) is 2.22. The van der Waals surface area contributed by atoms with Crippen molar-refractivity contribution < 1.29 is 0 Å². The lowest BCUT2D eigenvalue weighted by Gasteiger charge is -2.27. The molecule has 0 saturated heterocycles. The minimum Gasteiger partial charge on any atom is -0.328 e. The maximum Gasteiger partial charge on any atom is 0.0991 e. The third kappa shape index (κ3) is 3.76. The molecule has 2 saturated carbocycles. The van der Waals surface area contributed by atoms with Crippen LogP contribution in [-0.2, 0) is 0 Å². The zero-order valence-corrected chi connectivity index (χ0v) is 13.3. The average molecular weight is 295 g/mol. The Balaban J connectivity index is 1.52. The number of nitrogens with two attached hydrogens (primary N) is 1. The molecule has 2 aliphatic carbocycles. The molecule has 22 heavy (non-hydrogen) atoms. The van der Waals surface area contributed by atoms with Gasteiger partial charge in [0.05, 0.1) is 11.6 Å². The van der Waals surface area contributed by atoms with Gasteiger partial charge in [0, 0.05) is 18.1 Å². The van der Waals surface area contributed by atoms with E-state index in [1.54, 1.807) is 0 Å². The molecule has 3 N–H and O–H groups in total. The second kappa shape index (κ2) is 6.64. The predicted octanol–water partition coefficient (Wildman–Crippen LogP) is 3.21. The summed E-state index contributed by atoms with van der Waals surface area (Å²) in [7, 11) is 0. The van der Waals surface area contributed by atoms with Crippen LogP contribution in [0.15, 0.2) is 29.8 Å². The molecule has 0 heterocycles. The molecular weight excluding hydrogens is 270 g/mol. The van der Waals surface area contributed by atoms with Gasteiger partial charge in [0.15, 0.2) is 0 Å². The Kier molecular flexibility index (Phi) is 4.61. The van der Waals surface area contributed by atoms with Crippen molar-refractivity contribution in [1.29, 1.82) is 5.26 Å². The zero-order valence-electron chi connectivity index (χ0n) is 13.3. The zero-order chi connectivity index (χ0) is 15.5. The number of rotatable bonds is 4. The second-order valence-corrected chi connectivity index (χ2v) is 6.85. The van der Waals surface area contributed by atoms with Gasteiger partial charge < -0.3 is 11.1 Å². The molecule has 0 aromatic heterocycles. The van der Waals surface area contributed by atoms with Crippen LogP contribution in [0.5, 0.6) is 0 Å². The molecule has 116 valence electrons. The normalized spacial score (nSPS) is 31.6. The summed E-state index contributed by atoms with van der Waals surface area (Å²) >= 11 is 0. The first-order chi connectivity index (χ1) is 10.7. The van der Waals surface area contributed by atoms with Crippen LogP contribution >= 0.6 is 0 Å². The number of nitrogens with one attached hydrogen (secondary N) is 1. The third-order valence-corrected chi connectivity index (χ3v) is 5.03. The van der Waals surface area contributed by atoms with Crippen molar-refractivity contribution in [3.05, 3.63) is 41.0 Å². The number of nitrogens with zero attached hydrogens (tertiary/aromatic N) is 1. The Hall–Kier alpha value is -1.63. The van der Waals surface area contributed by atoms with Crippen LogP contribution < -0.4 is 11.1 Å². The van der Waals surface area contributed by atoms with Gasteiger partial charge in [0.25, 0.3) is 0 Å². The van der Waals surface area contributed by atoms with E-state index >= 15 is 0 Å². The van der Waals surface area contributed by atoms with Gasteiger partial charge in [-0.15, -0.1) is 0 Å². The van der Waals surface area contributed by atoms with Gasteiger partial charge in [0.2, 0.25) is 0 Å². The van der Waals surface area contributed by atoms with E-state index in [0.29, 0.717) is 24.0 Å². The van der Waals surface area contributed by atoms with Gasteiger partial charge in [-0.3, -0.25) is 0 Å². The van der Waals surface area contributed by atoms with E-state index in [4.69, 9.17) is 11.0 Å². The lowest BCUT2D eigenvalue weighted by Crippen LogP contribution is -2.38. The number of nitriles is 1. The molecule has 2 aliphatic rings. The number of benzene rings is 1. The molecule has 2 fully saturated rings. The molecule has 2 atom stereocenters. The highest BCUT2D eigenvalue weighted by Crippen LogP contribution is 2.39. The molecular formula is C19H25N3. The van der Waals surface area contributed by atoms with Crippen LogP contribution in [0.1, 0.15) is 50.2 Å². The molecule has 3 nitrogen and oxygen atoms in total. The first-order valence-corrected chi connectivity index (χ1v) is 8.35. The Bertz CT molecular complexity index is 574. The van der Waals surface area contributed by atoms with Crippen molar-refractivity contribution in [2.75, 3.05) is 0 Å². The Morgan fingerprint density at radius 2 is 1.91 bits per heavy atom. The van der Waals surface area contributed by atoms with Crippen LogP contribution in [0.4, 0.5) is 0 Å². The summed E-state index contributed by atoms with van der Waals surface area (Å²) < 4.78 is 0. The van der Waals surface area contributed by atoms with E-state index in [0.717, 1.165) is 18.4 Å². The third-order valence-electron chi connectivity index (χ3n) is 5.03. The van der Waals surface area contributed by atoms with Gasteiger partial charge in [0.1, 0.15) is 0 Å². The maximum absolute atomic E-state index is 8.83. The summed E-state index contributed by atoms with van der Waals surface area (Å²) in [5.74, 6) is 0.672. The summed E-state index contributed by atoms with van der Waals surface area (Å²) in [4.78, 5) is 0. The van der Waals surface area contributed by atoms with Gasteiger partial charge in [-0.1, -0.05) is 23.8 Å². The van der Waals surface area contributed by atoms with Crippen molar-refractivity contribution in [3.63, 3.8) is 0 Å². The first-order valence-electron chi connectivity index (χ1n) is 8.35. The number of hydrogen-bond donors (Lipinski definition) is 2. The van der Waals surface area contributed by atoms with Crippen molar-refractivity contribution in [3.8, 4) is 6.07 Å². The van der Waals surface area contributed by atoms with Crippen molar-refractivity contribution in [1.82, 2.24) is 5.32 Å². The van der Waals surface area contributed by atoms with Gasteiger partial charge in [-0.25, -0.2) is 0 Å². The SMILES string of the molecule is CC(=Cc1ccc(C#N)cc1)C1CC1N[C@H]1CC[C@H](N)CC1. The van der Waals surface area contributed by atoms with E-state index in [1.807, 2.05) is 24.3 Å². The highest BCUT2D eigenvalue weighted by Gasteiger charge is 2.39. The molecule has 1 aromatic rings. The summed E-state index contributed by atoms with van der Waals surface area (Å²) in [5, 5.41) is 12.6. The molecule has 1 aromatic carbocycles. The van der Waals surface area contributed by atoms with Crippen LogP contribution in [0.3, 0.4) is 0 Å². The van der Waals surface area contributed by atoms with Crippen molar-refractivity contribution in [2.45, 2.75) is 57.2 Å². The lowest BCUT2D eigenvalue weighted by atomic mass is 9.92. The van der Waals surface area contributed by atoms with E-state index < -0.39 is 0 Å². The largest absolute Gasteiger partial charge is 0.328 e. The highest BCUT2D eigenvalue weighted by molar-refractivity contribution is 5.55. The van der Waals surface area contributed by atoms with E-state index in [2.05, 4.69) is 24.4 Å². The van der Waals surface area contributed by atoms with Crippen LogP contribution in [0.25, 0.3) is 6.08 Å². The van der Waals surface area contributed by atoms with Crippen LogP contribution in [0, 0.1) is 17.2 Å². The fraction of sp³-hybridized carbons (Fsp3) is 0.526. The number of hydrogen-bond acceptors (Lipinski definition) is 3. The second-order valence-electron chi connectivity index (χ2n) is 6.85. The molecule has 2 unspecified atom stereocenters. The van der Waals surface area contributed by atoms with Gasteiger partial charge in [-0.2, -0.15) is 5.26 Å². The summed E-state index contributed by atoms with van der Waals surface area (Å²) in [6, 6.07) is 11.7. The summed E-state index contributed by atoms with van der Waals surface area (Å²) in [6.07, 6.45) is 8.28. The first kappa shape index (κ1) is 15.3. The minimum atomic E-state index is 0.422. The minimum absolute atomic E-state index is 0.422. The topological polar surface area (TPSA) is 61.8 Å². The van der Waals surface area contributed by atoms with E-state index in [1.165, 1.54) is 30.4 Å². The fourth-order valence-corrected chi connectivity index (χ4v) is 3.49. The monoisotopic (exact) mass is 295 g/mol. The van der Waals surface area contributed by atoms with Gasteiger partial charge >= 0.3 is 0 Å². The van der Waals surface area contributed by atoms with Crippen molar-refractivity contribution >= 4 is 6.08 Å². The molecule has 0 bridgehead atoms. The van der Waals surface area contributed by atoms with Crippen molar-refractivity contribution in [2.24, 2.45) is 11.7 Å². The van der Waals surface area contributed by atoms with E-state index in [-0.39, 0.29) is 0 Å².